The van der Waals surface area contributed by atoms with Crippen LogP contribution in [0.15, 0.2) is 121 Å². The molecule has 0 unspecified atom stereocenters. The van der Waals surface area contributed by atoms with Crippen LogP contribution in [0.5, 0.6) is 0 Å². The van der Waals surface area contributed by atoms with Crippen LogP contribution in [-0.4, -0.2) is 0 Å². The Balaban J connectivity index is 0.000000311. The molecule has 4 heteroatoms. The molecule has 0 amide bonds. The van der Waals surface area contributed by atoms with E-state index in [1.165, 1.54) is 87.6 Å². The van der Waals surface area contributed by atoms with Gasteiger partial charge in [0.05, 0.1) is 0 Å². The monoisotopic (exact) mass is 790 g/mol. The molecule has 0 saturated heterocycles. The van der Waals surface area contributed by atoms with Gasteiger partial charge in [-0.3, -0.25) is 0 Å². The quantitative estimate of drug-likeness (QED) is 0.150. The Morgan fingerprint density at radius 1 is 0.292 bits per heavy atom. The van der Waals surface area contributed by atoms with Crippen LogP contribution >= 0.6 is 0 Å². The second-order valence-electron chi connectivity index (χ2n) is 12.4. The number of benzene rings is 4. The molecule has 48 heavy (non-hydrogen) atoms. The van der Waals surface area contributed by atoms with Gasteiger partial charge in [-0.15, -0.1) is 116 Å². The summed E-state index contributed by atoms with van der Waals surface area (Å²) in [5.74, 6) is 0. The van der Waals surface area contributed by atoms with Crippen LogP contribution in [0.3, 0.4) is 0 Å². The summed E-state index contributed by atoms with van der Waals surface area (Å²) in [6.07, 6.45) is 0. The third-order valence-electron chi connectivity index (χ3n) is 9.00. The fourth-order valence-electron chi connectivity index (χ4n) is 5.62. The van der Waals surface area contributed by atoms with Crippen LogP contribution < -0.4 is 9.41 Å². The summed E-state index contributed by atoms with van der Waals surface area (Å²) in [4.78, 5) is 0. The summed E-state index contributed by atoms with van der Waals surface area (Å²) < 4.78 is 0. The molecule has 244 valence electrons. The summed E-state index contributed by atoms with van der Waals surface area (Å²) in [6, 6.07) is 43.6. The molecule has 0 aliphatic heterocycles. The topological polar surface area (TPSA) is 0 Å². The van der Waals surface area contributed by atoms with Gasteiger partial charge >= 0.3 is 52.4 Å². The normalized spacial score (nSPS) is 9.83. The van der Waals surface area contributed by atoms with Crippen LogP contribution in [0, 0.1) is 55.4 Å². The van der Waals surface area contributed by atoms with E-state index in [4.69, 9.17) is 0 Å². The van der Waals surface area contributed by atoms with E-state index in [0.717, 1.165) is 0 Å². The van der Waals surface area contributed by atoms with Gasteiger partial charge in [-0.2, -0.15) is 48.5 Å². The van der Waals surface area contributed by atoms with Crippen LogP contribution in [0.2, 0.25) is 0 Å². The van der Waals surface area contributed by atoms with Crippen molar-refractivity contribution >= 4 is 43.1 Å². The molecule has 0 fully saturated rings. The predicted octanol–water partition coefficient (Wildman–Crippen LogP) is 6.71. The Bertz CT molecular complexity index is 1710. The fourth-order valence-corrected chi connectivity index (χ4v) is 5.62. The van der Waals surface area contributed by atoms with Gasteiger partial charge < -0.3 is 9.41 Å². The van der Waals surface area contributed by atoms with Crippen molar-refractivity contribution in [2.75, 3.05) is 0 Å². The third-order valence-corrected chi connectivity index (χ3v) is 9.00. The Labute approximate surface area is 323 Å². The van der Waals surface area contributed by atoms with Gasteiger partial charge in [0, 0.05) is 0 Å². The van der Waals surface area contributed by atoms with Crippen molar-refractivity contribution in [2.45, 2.75) is 55.4 Å². The maximum atomic E-state index is 2.24. The van der Waals surface area contributed by atoms with Crippen LogP contribution in [0.25, 0.3) is 43.1 Å². The Morgan fingerprint density at radius 3 is 0.646 bits per heavy atom. The summed E-state index contributed by atoms with van der Waals surface area (Å²) in [5.41, 5.74) is 11.0. The van der Waals surface area contributed by atoms with E-state index in [1.807, 2.05) is 0 Å². The molecule has 0 nitrogen and oxygen atoms in total. The third kappa shape index (κ3) is 10.5. The van der Waals surface area contributed by atoms with Crippen molar-refractivity contribution in [3.8, 4) is 0 Å². The van der Waals surface area contributed by atoms with E-state index in [9.17, 15) is 0 Å². The zero-order valence-corrected chi connectivity index (χ0v) is 34.2. The molecular formula is C44H44F2Zr2-2. The minimum Gasteiger partial charge on any atom is -1.00 e. The molecule has 0 radical (unpaired) electrons. The Morgan fingerprint density at radius 2 is 0.458 bits per heavy atom. The first-order valence-electron chi connectivity index (χ1n) is 15.6. The first kappa shape index (κ1) is 43.0. The minimum atomic E-state index is 0. The number of hydrogen-bond donors (Lipinski definition) is 0. The van der Waals surface area contributed by atoms with Gasteiger partial charge in [-0.1, -0.05) is 44.5 Å². The molecule has 8 aromatic rings. The summed E-state index contributed by atoms with van der Waals surface area (Å²) in [7, 11) is 0. The molecule has 0 N–H and O–H groups in total. The maximum absolute atomic E-state index is 2.24. The summed E-state index contributed by atoms with van der Waals surface area (Å²) >= 11 is 0. The molecule has 0 atom stereocenters. The van der Waals surface area contributed by atoms with Crippen molar-refractivity contribution in [3.63, 3.8) is 0 Å². The predicted molar refractivity (Wildman–Crippen MR) is 196 cm³/mol. The number of aryl methyl sites for hydroxylation is 8. The molecule has 8 rings (SSSR count). The zero-order valence-electron chi connectivity index (χ0n) is 29.3. The second-order valence-corrected chi connectivity index (χ2v) is 12.4. The molecule has 0 aromatic heterocycles. The Kier molecular flexibility index (Phi) is 17.2. The van der Waals surface area contributed by atoms with Crippen LogP contribution in [0.1, 0.15) is 44.5 Å². The maximum Gasteiger partial charge on any atom is 2.00 e. The van der Waals surface area contributed by atoms with E-state index < -0.39 is 0 Å². The molecule has 0 spiro atoms. The fraction of sp³-hybridized carbons (Fsp3) is 0.182. The zero-order chi connectivity index (χ0) is 31.4. The molecule has 8 aromatic carbocycles. The van der Waals surface area contributed by atoms with Gasteiger partial charge in [0.2, 0.25) is 0 Å². The molecule has 0 saturated carbocycles. The summed E-state index contributed by atoms with van der Waals surface area (Å²) in [6.45, 7) is 17.2. The van der Waals surface area contributed by atoms with Crippen molar-refractivity contribution in [1.29, 1.82) is 0 Å². The summed E-state index contributed by atoms with van der Waals surface area (Å²) in [5, 5.41) is 10.8. The molecule has 0 aliphatic rings. The molecule has 0 heterocycles. The standard InChI is InChI=1S/4C11H11.2FH.2Zr/c4*1-8-6-10-4-3-5-11(10)7-9(8)2;;;;/h4*3-7H,1-2H3;2*1H;;/q4*-1;;;2*+2/p-2. The second kappa shape index (κ2) is 19.2. The van der Waals surface area contributed by atoms with E-state index >= 15 is 0 Å². The number of halogens is 2. The van der Waals surface area contributed by atoms with Crippen molar-refractivity contribution in [2.24, 2.45) is 0 Å². The van der Waals surface area contributed by atoms with Gasteiger partial charge in [0.25, 0.3) is 0 Å². The molecule has 0 bridgehead atoms. The van der Waals surface area contributed by atoms with E-state index in [-0.39, 0.29) is 61.8 Å². The van der Waals surface area contributed by atoms with Crippen LogP contribution in [0.4, 0.5) is 0 Å². The smallest absolute Gasteiger partial charge is 1.00 e. The van der Waals surface area contributed by atoms with E-state index in [2.05, 4.69) is 177 Å². The number of hydrogen-bond acceptors (Lipinski definition) is 0. The number of fused-ring (bicyclic) bond motifs is 4. The molecule has 0 aliphatic carbocycles. The average molecular weight is 793 g/mol. The SMILES string of the molecule is Cc1cc2cc[cH-]c2cc1C.Cc1cc2cc[cH-]c2cc1C.Cc1cc2cc[cH-]c2cc1C.Cc1cc2cc[cH-]c2cc1C.[F-].[F-].[Zr+2].[Zr+2]. The average Bonchev–Trinajstić information content (AvgIpc) is 3.80. The van der Waals surface area contributed by atoms with Crippen molar-refractivity contribution in [3.05, 3.63) is 166 Å². The van der Waals surface area contributed by atoms with Gasteiger partial charge in [-0.25, -0.2) is 0 Å². The van der Waals surface area contributed by atoms with Gasteiger partial charge in [-0.05, 0) is 55.4 Å². The Hall–Kier alpha value is -3.05. The number of rotatable bonds is 0. The van der Waals surface area contributed by atoms with Crippen molar-refractivity contribution < 1.29 is 61.8 Å². The van der Waals surface area contributed by atoms with Crippen molar-refractivity contribution in [1.82, 2.24) is 0 Å². The van der Waals surface area contributed by atoms with Gasteiger partial charge in [0.1, 0.15) is 0 Å². The van der Waals surface area contributed by atoms with E-state index in [1.54, 1.807) is 0 Å². The molecular weight excluding hydrogens is 749 g/mol. The van der Waals surface area contributed by atoms with Gasteiger partial charge in [0.15, 0.2) is 0 Å². The first-order chi connectivity index (χ1) is 21.1. The first-order valence-corrected chi connectivity index (χ1v) is 15.6. The van der Waals surface area contributed by atoms with Crippen LogP contribution in [-0.2, 0) is 52.4 Å². The van der Waals surface area contributed by atoms with E-state index in [0.29, 0.717) is 0 Å². The minimum absolute atomic E-state index is 0. The largest absolute Gasteiger partial charge is 2.00 e.